The first-order valence-electron chi connectivity index (χ1n) is 7.10. The van der Waals surface area contributed by atoms with Crippen molar-refractivity contribution >= 4 is 5.97 Å². The molecule has 4 nitrogen and oxygen atoms in total. The monoisotopic (exact) mass is 339 g/mol. The summed E-state index contributed by atoms with van der Waals surface area (Å²) in [5, 5.41) is 8.83. The predicted octanol–water partition coefficient (Wildman–Crippen LogP) is 4.04. The Hall–Kier alpha value is -2.54. The van der Waals surface area contributed by atoms with Gasteiger partial charge in [-0.3, -0.25) is 4.79 Å². The van der Waals surface area contributed by atoms with Crippen LogP contribution in [0.15, 0.2) is 42.5 Å². The van der Waals surface area contributed by atoms with Crippen LogP contribution in [0.2, 0.25) is 0 Å². The molecule has 2 aromatic carbocycles. The standard InChI is InChI=1S/C17H16F3NO3/c1-10-5-6-12(15(21)9-16(22)23)8-14(10)11-3-2-4-13(7-11)24-17(18,19)20/h2-8,15H,9,21H2,1H3,(H,22,23)/t15-/m0/s1. The zero-order valence-corrected chi connectivity index (χ0v) is 12.8. The van der Waals surface area contributed by atoms with Gasteiger partial charge in [0.1, 0.15) is 5.75 Å². The normalized spacial score (nSPS) is 12.7. The third-order valence-electron chi connectivity index (χ3n) is 3.46. The number of rotatable bonds is 5. The van der Waals surface area contributed by atoms with Crippen molar-refractivity contribution in [2.45, 2.75) is 25.7 Å². The first kappa shape index (κ1) is 17.8. The van der Waals surface area contributed by atoms with E-state index in [1.54, 1.807) is 31.2 Å². The first-order valence-corrected chi connectivity index (χ1v) is 7.10. The number of carbonyl (C=O) groups is 1. The highest BCUT2D eigenvalue weighted by Gasteiger charge is 2.31. The van der Waals surface area contributed by atoms with Crippen molar-refractivity contribution in [3.63, 3.8) is 0 Å². The smallest absolute Gasteiger partial charge is 0.481 e. The average Bonchev–Trinajstić information content (AvgIpc) is 2.45. The van der Waals surface area contributed by atoms with Crippen molar-refractivity contribution in [1.29, 1.82) is 0 Å². The summed E-state index contributed by atoms with van der Waals surface area (Å²) in [6, 6.07) is 10.1. The molecule has 0 amide bonds. The van der Waals surface area contributed by atoms with Gasteiger partial charge in [0, 0.05) is 6.04 Å². The lowest BCUT2D eigenvalue weighted by Gasteiger charge is -2.15. The van der Waals surface area contributed by atoms with E-state index in [9.17, 15) is 18.0 Å². The van der Waals surface area contributed by atoms with Crippen molar-refractivity contribution in [3.05, 3.63) is 53.6 Å². The van der Waals surface area contributed by atoms with Gasteiger partial charge in [0.25, 0.3) is 0 Å². The van der Waals surface area contributed by atoms with Gasteiger partial charge in [-0.15, -0.1) is 13.2 Å². The Labute approximate surface area is 136 Å². The maximum Gasteiger partial charge on any atom is 0.573 e. The molecule has 3 N–H and O–H groups in total. The number of alkyl halides is 3. The number of hydrogen-bond donors (Lipinski definition) is 2. The summed E-state index contributed by atoms with van der Waals surface area (Å²) in [7, 11) is 0. The molecule has 0 aliphatic heterocycles. The lowest BCUT2D eigenvalue weighted by molar-refractivity contribution is -0.274. The van der Waals surface area contributed by atoms with Crippen LogP contribution >= 0.6 is 0 Å². The molecule has 2 aromatic rings. The summed E-state index contributed by atoms with van der Waals surface area (Å²) in [6.07, 6.45) is -5.00. The third kappa shape index (κ3) is 4.73. The third-order valence-corrected chi connectivity index (χ3v) is 3.46. The number of halogens is 3. The van der Waals surface area contributed by atoms with Crippen LogP contribution in [0.3, 0.4) is 0 Å². The molecule has 128 valence electrons. The largest absolute Gasteiger partial charge is 0.573 e. The molecular formula is C17H16F3NO3. The van der Waals surface area contributed by atoms with E-state index in [0.29, 0.717) is 16.7 Å². The number of aryl methyl sites for hydroxylation is 1. The van der Waals surface area contributed by atoms with E-state index < -0.39 is 18.4 Å². The highest BCUT2D eigenvalue weighted by atomic mass is 19.4. The molecule has 0 aromatic heterocycles. The molecule has 0 unspecified atom stereocenters. The Morgan fingerprint density at radius 3 is 2.58 bits per heavy atom. The van der Waals surface area contributed by atoms with Crippen LogP contribution in [0.4, 0.5) is 13.2 Å². The maximum absolute atomic E-state index is 12.4. The average molecular weight is 339 g/mol. The van der Waals surface area contributed by atoms with Crippen molar-refractivity contribution in [2.75, 3.05) is 0 Å². The quantitative estimate of drug-likeness (QED) is 0.862. The Bertz CT molecular complexity index is 744. The summed E-state index contributed by atoms with van der Waals surface area (Å²) >= 11 is 0. The summed E-state index contributed by atoms with van der Waals surface area (Å²) in [4.78, 5) is 10.8. The lowest BCUT2D eigenvalue weighted by Crippen LogP contribution is -2.17. The van der Waals surface area contributed by atoms with Gasteiger partial charge in [0.2, 0.25) is 0 Å². The van der Waals surface area contributed by atoms with E-state index in [0.717, 1.165) is 5.56 Å². The van der Waals surface area contributed by atoms with Gasteiger partial charge in [0.05, 0.1) is 6.42 Å². The molecular weight excluding hydrogens is 323 g/mol. The molecule has 0 bridgehead atoms. The van der Waals surface area contributed by atoms with E-state index in [1.807, 2.05) is 0 Å². The number of nitrogens with two attached hydrogens (primary N) is 1. The van der Waals surface area contributed by atoms with Gasteiger partial charge in [-0.25, -0.2) is 0 Å². The van der Waals surface area contributed by atoms with Crippen LogP contribution in [-0.2, 0) is 4.79 Å². The summed E-state index contributed by atoms with van der Waals surface area (Å²) in [6.45, 7) is 1.80. The van der Waals surface area contributed by atoms with E-state index >= 15 is 0 Å². The van der Waals surface area contributed by atoms with Crippen LogP contribution in [0.5, 0.6) is 5.75 Å². The fourth-order valence-corrected chi connectivity index (χ4v) is 2.35. The molecule has 0 fully saturated rings. The summed E-state index contributed by atoms with van der Waals surface area (Å²) in [5.41, 5.74) is 8.47. The Kier molecular flexibility index (Phi) is 5.14. The number of aliphatic carboxylic acids is 1. The zero-order valence-electron chi connectivity index (χ0n) is 12.8. The molecule has 7 heteroatoms. The molecule has 0 heterocycles. The minimum absolute atomic E-state index is 0.236. The van der Waals surface area contributed by atoms with Gasteiger partial charge < -0.3 is 15.6 Å². The molecule has 0 aliphatic carbocycles. The number of ether oxygens (including phenoxy) is 1. The van der Waals surface area contributed by atoms with Crippen LogP contribution in [0.25, 0.3) is 11.1 Å². The Balaban J connectivity index is 2.38. The SMILES string of the molecule is Cc1ccc([C@@H](N)CC(=O)O)cc1-c1cccc(OC(F)(F)F)c1. The number of carboxylic acid groups (broad SMARTS) is 1. The molecule has 0 saturated heterocycles. The number of hydrogen-bond acceptors (Lipinski definition) is 3. The summed E-state index contributed by atoms with van der Waals surface area (Å²) < 4.78 is 41.0. The number of carboxylic acids is 1. The number of benzene rings is 2. The summed E-state index contributed by atoms with van der Waals surface area (Å²) in [5.74, 6) is -1.34. The first-order chi connectivity index (χ1) is 11.2. The Morgan fingerprint density at radius 2 is 1.96 bits per heavy atom. The van der Waals surface area contributed by atoms with Gasteiger partial charge in [-0.2, -0.15) is 0 Å². The topological polar surface area (TPSA) is 72.6 Å². The highest BCUT2D eigenvalue weighted by Crippen LogP contribution is 2.31. The van der Waals surface area contributed by atoms with Crippen molar-refractivity contribution < 1.29 is 27.8 Å². The van der Waals surface area contributed by atoms with Crippen LogP contribution in [0.1, 0.15) is 23.6 Å². The molecule has 1 atom stereocenters. The van der Waals surface area contributed by atoms with Crippen molar-refractivity contribution in [2.24, 2.45) is 5.73 Å². The van der Waals surface area contributed by atoms with E-state index in [2.05, 4.69) is 4.74 Å². The second-order valence-electron chi connectivity index (χ2n) is 5.35. The minimum Gasteiger partial charge on any atom is -0.481 e. The molecule has 0 saturated carbocycles. The highest BCUT2D eigenvalue weighted by molar-refractivity contribution is 5.71. The van der Waals surface area contributed by atoms with E-state index in [1.165, 1.54) is 18.2 Å². The van der Waals surface area contributed by atoms with Crippen LogP contribution < -0.4 is 10.5 Å². The van der Waals surface area contributed by atoms with E-state index in [4.69, 9.17) is 10.8 Å². The van der Waals surface area contributed by atoms with Crippen LogP contribution in [-0.4, -0.2) is 17.4 Å². The molecule has 0 radical (unpaired) electrons. The van der Waals surface area contributed by atoms with Gasteiger partial charge in [-0.1, -0.05) is 24.3 Å². The van der Waals surface area contributed by atoms with E-state index in [-0.39, 0.29) is 12.2 Å². The molecule has 2 rings (SSSR count). The molecule has 0 aliphatic rings. The zero-order chi connectivity index (χ0) is 17.9. The maximum atomic E-state index is 12.4. The van der Waals surface area contributed by atoms with Gasteiger partial charge >= 0.3 is 12.3 Å². The second kappa shape index (κ2) is 6.92. The fourth-order valence-electron chi connectivity index (χ4n) is 2.35. The van der Waals surface area contributed by atoms with Gasteiger partial charge in [-0.05, 0) is 47.4 Å². The second-order valence-corrected chi connectivity index (χ2v) is 5.35. The van der Waals surface area contributed by atoms with Gasteiger partial charge in [0.15, 0.2) is 0 Å². The fraction of sp³-hybridized carbons (Fsp3) is 0.235. The van der Waals surface area contributed by atoms with Crippen molar-refractivity contribution in [1.82, 2.24) is 0 Å². The molecule has 0 spiro atoms. The molecule has 24 heavy (non-hydrogen) atoms. The van der Waals surface area contributed by atoms with Crippen LogP contribution in [0, 0.1) is 6.92 Å². The lowest BCUT2D eigenvalue weighted by atomic mass is 9.94. The van der Waals surface area contributed by atoms with Crippen molar-refractivity contribution in [3.8, 4) is 16.9 Å². The predicted molar refractivity (Wildman–Crippen MR) is 82.5 cm³/mol. The Morgan fingerprint density at radius 1 is 1.25 bits per heavy atom. The minimum atomic E-state index is -4.76.